The average Bonchev–Trinajstić information content (AvgIpc) is 2.57. The van der Waals surface area contributed by atoms with E-state index in [-0.39, 0.29) is 18.2 Å². The molecular weight excluding hydrogens is 232 g/mol. The molecule has 0 atom stereocenters. The standard InChI is InChI=1S/C10H10N2OS.ClH/c1-7(13)6-14-10-11-8-4-2-3-5-9(8)12-10;/h2-5H,6H2,1H3,(H,11,12);1H. The van der Waals surface area contributed by atoms with Gasteiger partial charge < -0.3 is 4.98 Å². The van der Waals surface area contributed by atoms with E-state index in [9.17, 15) is 4.79 Å². The summed E-state index contributed by atoms with van der Waals surface area (Å²) in [7, 11) is 0. The van der Waals surface area contributed by atoms with E-state index in [4.69, 9.17) is 0 Å². The summed E-state index contributed by atoms with van der Waals surface area (Å²) in [5, 5.41) is 0.807. The molecule has 0 aliphatic rings. The van der Waals surface area contributed by atoms with Crippen LogP contribution < -0.4 is 0 Å². The van der Waals surface area contributed by atoms with Crippen LogP contribution in [-0.4, -0.2) is 21.5 Å². The lowest BCUT2D eigenvalue weighted by molar-refractivity contribution is -0.114. The van der Waals surface area contributed by atoms with Gasteiger partial charge in [0.25, 0.3) is 0 Å². The number of imidazole rings is 1. The quantitative estimate of drug-likeness (QED) is 0.842. The largest absolute Gasteiger partial charge is 0.333 e. The Labute approximate surface area is 98.1 Å². The van der Waals surface area contributed by atoms with Crippen molar-refractivity contribution in [3.63, 3.8) is 0 Å². The summed E-state index contributed by atoms with van der Waals surface area (Å²) in [6.45, 7) is 1.58. The minimum atomic E-state index is 0. The Morgan fingerprint density at radius 2 is 2.20 bits per heavy atom. The smallest absolute Gasteiger partial charge is 0.166 e. The Kier molecular flexibility index (Phi) is 4.17. The molecule has 1 aromatic carbocycles. The highest BCUT2D eigenvalue weighted by Crippen LogP contribution is 2.18. The van der Waals surface area contributed by atoms with Gasteiger partial charge in [0, 0.05) is 0 Å². The Morgan fingerprint density at radius 1 is 1.47 bits per heavy atom. The van der Waals surface area contributed by atoms with E-state index in [0.29, 0.717) is 5.75 Å². The lowest BCUT2D eigenvalue weighted by Gasteiger charge is -1.90. The van der Waals surface area contributed by atoms with Gasteiger partial charge in [0.1, 0.15) is 5.78 Å². The van der Waals surface area contributed by atoms with Crippen LogP contribution in [0, 0.1) is 0 Å². The van der Waals surface area contributed by atoms with E-state index in [1.165, 1.54) is 11.8 Å². The SMILES string of the molecule is CC(=O)CSc1nc2ccccc2[nH]1.Cl. The van der Waals surface area contributed by atoms with Crippen LogP contribution in [0.1, 0.15) is 6.92 Å². The maximum atomic E-state index is 10.8. The minimum absolute atomic E-state index is 0. The number of nitrogens with one attached hydrogen (secondary N) is 1. The second-order valence-electron chi connectivity index (χ2n) is 3.05. The lowest BCUT2D eigenvalue weighted by Crippen LogP contribution is -1.93. The molecule has 0 aliphatic heterocycles. The normalized spacial score (nSPS) is 9.93. The number of hydrogen-bond acceptors (Lipinski definition) is 3. The van der Waals surface area contributed by atoms with Crippen LogP contribution in [0.15, 0.2) is 29.4 Å². The highest BCUT2D eigenvalue weighted by atomic mass is 35.5. The third-order valence-corrected chi connectivity index (χ3v) is 2.80. The van der Waals surface area contributed by atoms with Gasteiger partial charge in [-0.05, 0) is 19.1 Å². The molecule has 1 N–H and O–H groups in total. The van der Waals surface area contributed by atoms with Crippen LogP contribution in [0.3, 0.4) is 0 Å². The zero-order valence-electron chi connectivity index (χ0n) is 8.19. The van der Waals surface area contributed by atoms with Crippen molar-refractivity contribution in [3.05, 3.63) is 24.3 Å². The van der Waals surface area contributed by atoms with Gasteiger partial charge in [0.05, 0.1) is 16.8 Å². The number of benzene rings is 1. The van der Waals surface area contributed by atoms with Crippen molar-refractivity contribution in [2.45, 2.75) is 12.1 Å². The van der Waals surface area contributed by atoms with Gasteiger partial charge in [-0.25, -0.2) is 4.98 Å². The molecule has 1 aromatic heterocycles. The fourth-order valence-corrected chi connectivity index (χ4v) is 1.85. The van der Waals surface area contributed by atoms with Gasteiger partial charge >= 0.3 is 0 Å². The third kappa shape index (κ3) is 2.97. The molecule has 0 saturated heterocycles. The molecule has 0 saturated carbocycles. The van der Waals surface area contributed by atoms with Gasteiger partial charge in [-0.15, -0.1) is 12.4 Å². The van der Waals surface area contributed by atoms with Crippen molar-refractivity contribution in [2.75, 3.05) is 5.75 Å². The zero-order chi connectivity index (χ0) is 9.97. The number of aromatic amines is 1. The molecule has 0 radical (unpaired) electrons. The molecule has 0 amide bonds. The number of nitrogens with zero attached hydrogens (tertiary/aromatic N) is 1. The van der Waals surface area contributed by atoms with Crippen molar-refractivity contribution < 1.29 is 4.79 Å². The van der Waals surface area contributed by atoms with E-state index >= 15 is 0 Å². The number of carbonyl (C=O) groups excluding carboxylic acids is 1. The summed E-state index contributed by atoms with van der Waals surface area (Å²) in [5.74, 6) is 0.635. The number of H-pyrrole nitrogens is 1. The Balaban J connectivity index is 0.00000112. The summed E-state index contributed by atoms with van der Waals surface area (Å²) < 4.78 is 0. The van der Waals surface area contributed by atoms with Crippen molar-refractivity contribution in [1.29, 1.82) is 0 Å². The number of carbonyl (C=O) groups is 1. The van der Waals surface area contributed by atoms with Gasteiger partial charge in [-0.2, -0.15) is 0 Å². The molecular formula is C10H11ClN2OS. The number of rotatable bonds is 3. The molecule has 5 heteroatoms. The number of aromatic nitrogens is 2. The van der Waals surface area contributed by atoms with Gasteiger partial charge in [0.15, 0.2) is 5.16 Å². The number of Topliss-reactive ketones (excluding diaryl/α,β-unsaturated/α-hetero) is 1. The van der Waals surface area contributed by atoms with Crippen molar-refractivity contribution in [2.24, 2.45) is 0 Å². The van der Waals surface area contributed by atoms with Crippen molar-refractivity contribution in [1.82, 2.24) is 9.97 Å². The summed E-state index contributed by atoms with van der Waals surface area (Å²) in [6.07, 6.45) is 0. The van der Waals surface area contributed by atoms with E-state index in [1.807, 2.05) is 24.3 Å². The van der Waals surface area contributed by atoms with Crippen LogP contribution in [0.2, 0.25) is 0 Å². The number of hydrogen-bond donors (Lipinski definition) is 1. The van der Waals surface area contributed by atoms with Crippen LogP contribution in [0.5, 0.6) is 0 Å². The highest BCUT2D eigenvalue weighted by Gasteiger charge is 2.03. The lowest BCUT2D eigenvalue weighted by atomic mass is 10.3. The molecule has 0 fully saturated rings. The molecule has 2 aromatic rings. The molecule has 80 valence electrons. The fraction of sp³-hybridized carbons (Fsp3) is 0.200. The first kappa shape index (κ1) is 12.1. The summed E-state index contributed by atoms with van der Waals surface area (Å²) in [6, 6.07) is 7.83. The molecule has 0 aliphatic carbocycles. The first-order chi connectivity index (χ1) is 6.75. The Morgan fingerprint density at radius 3 is 2.87 bits per heavy atom. The van der Waals surface area contributed by atoms with E-state index in [0.717, 1.165) is 16.2 Å². The van der Waals surface area contributed by atoms with Crippen molar-refractivity contribution >= 4 is 41.0 Å². The predicted octanol–water partition coefficient (Wildman–Crippen LogP) is 2.67. The zero-order valence-corrected chi connectivity index (χ0v) is 9.82. The van der Waals surface area contributed by atoms with Gasteiger partial charge in [0.2, 0.25) is 0 Å². The molecule has 0 bridgehead atoms. The van der Waals surface area contributed by atoms with Crippen LogP contribution >= 0.6 is 24.2 Å². The van der Waals surface area contributed by atoms with Crippen molar-refractivity contribution in [3.8, 4) is 0 Å². The van der Waals surface area contributed by atoms with Crippen LogP contribution in [0.4, 0.5) is 0 Å². The average molecular weight is 243 g/mol. The minimum Gasteiger partial charge on any atom is -0.333 e. The van der Waals surface area contributed by atoms with Gasteiger partial charge in [-0.3, -0.25) is 4.79 Å². The Bertz CT molecular complexity index is 436. The first-order valence-corrected chi connectivity index (χ1v) is 5.31. The van der Waals surface area contributed by atoms with E-state index < -0.39 is 0 Å². The highest BCUT2D eigenvalue weighted by molar-refractivity contribution is 7.99. The molecule has 1 heterocycles. The molecule has 2 rings (SSSR count). The monoisotopic (exact) mass is 242 g/mol. The summed E-state index contributed by atoms with van der Waals surface area (Å²) in [5.41, 5.74) is 1.96. The molecule has 0 unspecified atom stereocenters. The van der Waals surface area contributed by atoms with Crippen LogP contribution in [0.25, 0.3) is 11.0 Å². The number of fused-ring (bicyclic) bond motifs is 1. The number of para-hydroxylation sites is 2. The molecule has 15 heavy (non-hydrogen) atoms. The van der Waals surface area contributed by atoms with E-state index in [2.05, 4.69) is 9.97 Å². The van der Waals surface area contributed by atoms with Crippen LogP contribution in [-0.2, 0) is 4.79 Å². The summed E-state index contributed by atoms with van der Waals surface area (Å²) in [4.78, 5) is 18.3. The fourth-order valence-electron chi connectivity index (χ4n) is 1.17. The number of halogens is 1. The van der Waals surface area contributed by atoms with E-state index in [1.54, 1.807) is 6.92 Å². The maximum absolute atomic E-state index is 10.8. The summed E-state index contributed by atoms with van der Waals surface area (Å²) >= 11 is 1.44. The number of thioether (sulfide) groups is 1. The topological polar surface area (TPSA) is 45.8 Å². The predicted molar refractivity (Wildman–Crippen MR) is 64.7 cm³/mol. The Hall–Kier alpha value is -1.00. The molecule has 0 spiro atoms. The second kappa shape index (κ2) is 5.19. The number of ketones is 1. The third-order valence-electron chi connectivity index (χ3n) is 1.78. The first-order valence-electron chi connectivity index (χ1n) is 4.33. The van der Waals surface area contributed by atoms with Gasteiger partial charge in [-0.1, -0.05) is 23.9 Å². The molecule has 3 nitrogen and oxygen atoms in total. The second-order valence-corrected chi connectivity index (χ2v) is 4.01. The maximum Gasteiger partial charge on any atom is 0.166 e.